The number of rotatable bonds is 7. The minimum absolute atomic E-state index is 0.763. The van der Waals surface area contributed by atoms with Crippen molar-refractivity contribution in [3.63, 3.8) is 0 Å². The molecule has 0 radical (unpaired) electrons. The summed E-state index contributed by atoms with van der Waals surface area (Å²) in [6.07, 6.45) is 6.80. The maximum atomic E-state index is 6.35. The van der Waals surface area contributed by atoms with Crippen LogP contribution in [-0.2, 0) is 6.54 Å². The number of nitrogens with one attached hydrogen (secondary N) is 1. The summed E-state index contributed by atoms with van der Waals surface area (Å²) in [4.78, 5) is 0. The zero-order valence-electron chi connectivity index (χ0n) is 12.9. The van der Waals surface area contributed by atoms with Crippen molar-refractivity contribution in [2.24, 2.45) is 17.8 Å². The molecule has 0 aliphatic heterocycles. The van der Waals surface area contributed by atoms with Gasteiger partial charge in [-0.3, -0.25) is 0 Å². The van der Waals surface area contributed by atoms with Gasteiger partial charge in [-0.15, -0.1) is 0 Å². The number of fused-ring (bicyclic) bond motifs is 2. The molecule has 2 aliphatic carbocycles. The summed E-state index contributed by atoms with van der Waals surface area (Å²) in [5.41, 5.74) is 1.11. The van der Waals surface area contributed by atoms with Crippen molar-refractivity contribution in [2.45, 2.75) is 45.6 Å². The third-order valence-corrected chi connectivity index (χ3v) is 5.50. The highest BCUT2D eigenvalue weighted by molar-refractivity contribution is 6.31. The fourth-order valence-corrected chi connectivity index (χ4v) is 4.25. The van der Waals surface area contributed by atoms with Gasteiger partial charge < -0.3 is 10.1 Å². The zero-order valence-corrected chi connectivity index (χ0v) is 13.7. The Kier molecular flexibility index (Phi) is 5.07. The van der Waals surface area contributed by atoms with Crippen molar-refractivity contribution in [1.29, 1.82) is 0 Å². The maximum absolute atomic E-state index is 6.35. The number of hydrogen-bond donors (Lipinski definition) is 1. The molecule has 1 N–H and O–H groups in total. The molecule has 2 saturated carbocycles. The molecule has 3 atom stereocenters. The largest absolute Gasteiger partial charge is 0.493 e. The van der Waals surface area contributed by atoms with Crippen molar-refractivity contribution in [2.75, 3.05) is 13.2 Å². The first-order valence-corrected chi connectivity index (χ1v) is 8.76. The first-order chi connectivity index (χ1) is 10.3. The predicted octanol–water partition coefficient (Wildman–Crippen LogP) is 4.65. The van der Waals surface area contributed by atoms with Crippen LogP contribution >= 0.6 is 11.6 Å². The van der Waals surface area contributed by atoms with Crippen LogP contribution in [0.3, 0.4) is 0 Å². The summed E-state index contributed by atoms with van der Waals surface area (Å²) in [5, 5.41) is 4.23. The molecule has 1 aromatic carbocycles. The highest BCUT2D eigenvalue weighted by Crippen LogP contribution is 2.48. The van der Waals surface area contributed by atoms with Gasteiger partial charge in [0.05, 0.1) is 6.61 Å². The molecule has 0 heterocycles. The quantitative estimate of drug-likeness (QED) is 0.740. The summed E-state index contributed by atoms with van der Waals surface area (Å²) in [6.45, 7) is 4.84. The molecule has 0 aromatic heterocycles. The summed E-state index contributed by atoms with van der Waals surface area (Å²) < 4.78 is 6.16. The van der Waals surface area contributed by atoms with Gasteiger partial charge in [0, 0.05) is 17.1 Å². The van der Waals surface area contributed by atoms with E-state index >= 15 is 0 Å². The van der Waals surface area contributed by atoms with E-state index < -0.39 is 0 Å². The van der Waals surface area contributed by atoms with Gasteiger partial charge in [0.2, 0.25) is 0 Å². The van der Waals surface area contributed by atoms with Crippen LogP contribution in [0.4, 0.5) is 0 Å². The summed E-state index contributed by atoms with van der Waals surface area (Å²) in [7, 11) is 0. The zero-order chi connectivity index (χ0) is 14.7. The van der Waals surface area contributed by atoms with E-state index in [4.69, 9.17) is 16.3 Å². The molecule has 116 valence electrons. The van der Waals surface area contributed by atoms with Crippen molar-refractivity contribution < 1.29 is 4.74 Å². The van der Waals surface area contributed by atoms with Gasteiger partial charge in [0.1, 0.15) is 5.75 Å². The number of hydrogen-bond acceptors (Lipinski definition) is 2. The van der Waals surface area contributed by atoms with Gasteiger partial charge in [-0.25, -0.2) is 0 Å². The standard InChI is InChI=1S/C18H26ClNO/c1-2-8-20-11-16-17(19)4-3-5-18(16)21-12-15-10-13-6-7-14(15)9-13/h3-5,13-15,20H,2,6-12H2,1H3. The Morgan fingerprint density at radius 1 is 1.29 bits per heavy atom. The van der Waals surface area contributed by atoms with Crippen LogP contribution in [-0.4, -0.2) is 13.2 Å². The maximum Gasteiger partial charge on any atom is 0.125 e. The molecule has 1 aromatic rings. The molecule has 3 rings (SSSR count). The van der Waals surface area contributed by atoms with Crippen molar-refractivity contribution in [3.05, 3.63) is 28.8 Å². The molecule has 2 aliphatic rings. The van der Waals surface area contributed by atoms with E-state index in [0.717, 1.165) is 60.2 Å². The van der Waals surface area contributed by atoms with Crippen LogP contribution in [0, 0.1) is 17.8 Å². The lowest BCUT2D eigenvalue weighted by Gasteiger charge is -2.23. The van der Waals surface area contributed by atoms with E-state index in [2.05, 4.69) is 18.3 Å². The monoisotopic (exact) mass is 307 g/mol. The summed E-state index contributed by atoms with van der Waals surface area (Å²) >= 11 is 6.35. The normalized spacial score (nSPS) is 27.2. The van der Waals surface area contributed by atoms with E-state index in [1.165, 1.54) is 25.7 Å². The van der Waals surface area contributed by atoms with Gasteiger partial charge in [-0.2, -0.15) is 0 Å². The highest BCUT2D eigenvalue weighted by Gasteiger charge is 2.39. The van der Waals surface area contributed by atoms with Gasteiger partial charge in [-0.1, -0.05) is 31.0 Å². The smallest absolute Gasteiger partial charge is 0.125 e. The second kappa shape index (κ2) is 7.02. The molecule has 2 nitrogen and oxygen atoms in total. The van der Waals surface area contributed by atoms with Crippen LogP contribution in [0.25, 0.3) is 0 Å². The van der Waals surface area contributed by atoms with Crippen LogP contribution < -0.4 is 10.1 Å². The Balaban J connectivity index is 1.60. The molecular weight excluding hydrogens is 282 g/mol. The SMILES string of the molecule is CCCNCc1c(Cl)cccc1OCC1CC2CCC1C2. The molecule has 0 spiro atoms. The van der Waals surface area contributed by atoms with Crippen molar-refractivity contribution in [1.82, 2.24) is 5.32 Å². The first-order valence-electron chi connectivity index (χ1n) is 8.38. The Morgan fingerprint density at radius 3 is 2.90 bits per heavy atom. The molecule has 0 amide bonds. The second-order valence-corrected chi connectivity index (χ2v) is 7.05. The third kappa shape index (κ3) is 3.54. The van der Waals surface area contributed by atoms with Crippen LogP contribution in [0.2, 0.25) is 5.02 Å². The molecule has 3 unspecified atom stereocenters. The average molecular weight is 308 g/mol. The molecule has 2 bridgehead atoms. The van der Waals surface area contributed by atoms with Gasteiger partial charge in [0.25, 0.3) is 0 Å². The first kappa shape index (κ1) is 15.2. The van der Waals surface area contributed by atoms with Gasteiger partial charge in [-0.05, 0) is 62.1 Å². The van der Waals surface area contributed by atoms with E-state index in [1.807, 2.05) is 12.1 Å². The topological polar surface area (TPSA) is 21.3 Å². The Hall–Kier alpha value is -0.730. The summed E-state index contributed by atoms with van der Waals surface area (Å²) in [5.74, 6) is 3.62. The van der Waals surface area contributed by atoms with E-state index in [0.29, 0.717) is 0 Å². The lowest BCUT2D eigenvalue weighted by Crippen LogP contribution is -2.20. The molecule has 3 heteroatoms. The van der Waals surface area contributed by atoms with Gasteiger partial charge in [0.15, 0.2) is 0 Å². The Labute approximate surface area is 133 Å². The van der Waals surface area contributed by atoms with Crippen LogP contribution in [0.1, 0.15) is 44.6 Å². The van der Waals surface area contributed by atoms with Crippen LogP contribution in [0.5, 0.6) is 5.75 Å². The summed E-state index contributed by atoms with van der Waals surface area (Å²) in [6, 6.07) is 6.00. The number of ether oxygens (including phenoxy) is 1. The third-order valence-electron chi connectivity index (χ3n) is 5.14. The van der Waals surface area contributed by atoms with E-state index in [9.17, 15) is 0 Å². The average Bonchev–Trinajstić information content (AvgIpc) is 3.10. The highest BCUT2D eigenvalue weighted by atomic mass is 35.5. The lowest BCUT2D eigenvalue weighted by molar-refractivity contribution is 0.194. The fourth-order valence-electron chi connectivity index (χ4n) is 4.01. The second-order valence-electron chi connectivity index (χ2n) is 6.64. The number of benzene rings is 1. The predicted molar refractivity (Wildman–Crippen MR) is 87.9 cm³/mol. The van der Waals surface area contributed by atoms with Crippen molar-refractivity contribution >= 4 is 11.6 Å². The van der Waals surface area contributed by atoms with E-state index in [1.54, 1.807) is 0 Å². The Morgan fingerprint density at radius 2 is 2.19 bits per heavy atom. The van der Waals surface area contributed by atoms with Crippen molar-refractivity contribution in [3.8, 4) is 5.75 Å². The van der Waals surface area contributed by atoms with Crippen LogP contribution in [0.15, 0.2) is 18.2 Å². The molecular formula is C18H26ClNO. The van der Waals surface area contributed by atoms with Gasteiger partial charge >= 0.3 is 0 Å². The molecule has 2 fully saturated rings. The minimum atomic E-state index is 0.763. The fraction of sp³-hybridized carbons (Fsp3) is 0.667. The Bertz CT molecular complexity index is 476. The number of halogens is 1. The minimum Gasteiger partial charge on any atom is -0.493 e. The van der Waals surface area contributed by atoms with E-state index in [-0.39, 0.29) is 0 Å². The molecule has 21 heavy (non-hydrogen) atoms. The lowest BCUT2D eigenvalue weighted by atomic mass is 9.89. The molecule has 0 saturated heterocycles.